The summed E-state index contributed by atoms with van der Waals surface area (Å²) < 4.78 is 2.29. The highest BCUT2D eigenvalue weighted by Crippen LogP contribution is 2.24. The molecule has 1 fully saturated rings. The van der Waals surface area contributed by atoms with Crippen molar-refractivity contribution in [1.82, 2.24) is 14.5 Å². The van der Waals surface area contributed by atoms with Crippen LogP contribution in [0.2, 0.25) is 5.02 Å². The number of halogens is 1. The number of aromatic nitrogens is 2. The van der Waals surface area contributed by atoms with Gasteiger partial charge in [0.1, 0.15) is 0 Å². The van der Waals surface area contributed by atoms with Gasteiger partial charge in [-0.05, 0) is 54.7 Å². The van der Waals surface area contributed by atoms with Crippen LogP contribution in [0, 0.1) is 0 Å². The number of nitrogens with zero attached hydrogens (tertiary/aromatic N) is 3. The van der Waals surface area contributed by atoms with Crippen molar-refractivity contribution in [3.8, 4) is 0 Å². The van der Waals surface area contributed by atoms with Crippen molar-refractivity contribution in [3.63, 3.8) is 0 Å². The van der Waals surface area contributed by atoms with E-state index in [9.17, 15) is 0 Å². The summed E-state index contributed by atoms with van der Waals surface area (Å²) in [6.45, 7) is 4.16. The van der Waals surface area contributed by atoms with E-state index < -0.39 is 0 Å². The monoisotopic (exact) mass is 444 g/mol. The molecule has 4 aromatic rings. The topological polar surface area (TPSA) is 33.1 Å². The van der Waals surface area contributed by atoms with E-state index in [-0.39, 0.29) is 0 Å². The third-order valence-corrected chi connectivity index (χ3v) is 6.64. The molecule has 0 amide bonds. The predicted molar refractivity (Wildman–Crippen MR) is 134 cm³/mol. The van der Waals surface area contributed by atoms with Crippen molar-refractivity contribution in [2.75, 3.05) is 25.0 Å². The van der Waals surface area contributed by atoms with Crippen LogP contribution in [-0.2, 0) is 13.0 Å². The SMILES string of the molecule is Clc1ccc(Cn2c(NC3CCN(CCc4ccccc4)CC3)nc3ccccc32)cc1. The largest absolute Gasteiger partial charge is 0.353 e. The summed E-state index contributed by atoms with van der Waals surface area (Å²) in [4.78, 5) is 7.51. The maximum absolute atomic E-state index is 6.08. The molecule has 2 heterocycles. The third-order valence-electron chi connectivity index (χ3n) is 6.39. The predicted octanol–water partition coefficient (Wildman–Crippen LogP) is 5.86. The van der Waals surface area contributed by atoms with Gasteiger partial charge in [0.15, 0.2) is 0 Å². The van der Waals surface area contributed by atoms with Crippen LogP contribution in [0.3, 0.4) is 0 Å². The highest BCUT2D eigenvalue weighted by atomic mass is 35.5. The Labute approximate surface area is 194 Å². The standard InChI is InChI=1S/C27H29ClN4/c28-23-12-10-22(11-13-23)20-32-26-9-5-4-8-25(26)30-27(32)29-24-15-18-31(19-16-24)17-14-21-6-2-1-3-7-21/h1-13,24H,14-20H2,(H,29,30). The fraction of sp³-hybridized carbons (Fsp3) is 0.296. The van der Waals surface area contributed by atoms with Gasteiger partial charge in [-0.25, -0.2) is 4.98 Å². The van der Waals surface area contributed by atoms with Crippen LogP contribution >= 0.6 is 11.6 Å². The second-order valence-corrected chi connectivity index (χ2v) is 9.07. The number of para-hydroxylation sites is 2. The van der Waals surface area contributed by atoms with Crippen LogP contribution in [0.25, 0.3) is 11.0 Å². The molecule has 1 aliphatic heterocycles. The highest BCUT2D eigenvalue weighted by molar-refractivity contribution is 6.30. The first-order valence-corrected chi connectivity index (χ1v) is 11.8. The van der Waals surface area contributed by atoms with Crippen LogP contribution in [0.15, 0.2) is 78.9 Å². The lowest BCUT2D eigenvalue weighted by molar-refractivity contribution is 0.221. The van der Waals surface area contributed by atoms with Gasteiger partial charge in [-0.2, -0.15) is 0 Å². The number of fused-ring (bicyclic) bond motifs is 1. The zero-order chi connectivity index (χ0) is 21.8. The first-order valence-electron chi connectivity index (χ1n) is 11.5. The molecule has 3 aromatic carbocycles. The molecule has 1 saturated heterocycles. The zero-order valence-electron chi connectivity index (χ0n) is 18.3. The number of anilines is 1. The molecule has 4 nitrogen and oxygen atoms in total. The molecule has 1 N–H and O–H groups in total. The van der Waals surface area contributed by atoms with E-state index in [2.05, 4.69) is 81.5 Å². The van der Waals surface area contributed by atoms with Gasteiger partial charge in [-0.15, -0.1) is 0 Å². The van der Waals surface area contributed by atoms with Gasteiger partial charge in [0, 0.05) is 30.7 Å². The molecule has 0 unspecified atom stereocenters. The molecule has 164 valence electrons. The molecule has 5 rings (SSSR count). The summed E-state index contributed by atoms with van der Waals surface area (Å²) in [6.07, 6.45) is 3.40. The van der Waals surface area contributed by atoms with Gasteiger partial charge in [0.05, 0.1) is 17.6 Å². The van der Waals surface area contributed by atoms with Crippen LogP contribution in [-0.4, -0.2) is 40.1 Å². The van der Waals surface area contributed by atoms with Gasteiger partial charge in [0.25, 0.3) is 0 Å². The lowest BCUT2D eigenvalue weighted by Gasteiger charge is -2.32. The molecule has 32 heavy (non-hydrogen) atoms. The summed E-state index contributed by atoms with van der Waals surface area (Å²) in [6, 6.07) is 27.7. The number of piperidine rings is 1. The summed E-state index contributed by atoms with van der Waals surface area (Å²) in [5.74, 6) is 0.962. The first kappa shape index (κ1) is 21.0. The average Bonchev–Trinajstić information content (AvgIpc) is 3.17. The van der Waals surface area contributed by atoms with Crippen molar-refractivity contribution in [3.05, 3.63) is 95.0 Å². The summed E-state index contributed by atoms with van der Waals surface area (Å²) in [5.41, 5.74) is 4.83. The molecule has 0 aliphatic carbocycles. The fourth-order valence-electron chi connectivity index (χ4n) is 4.53. The van der Waals surface area contributed by atoms with Crippen LogP contribution in [0.1, 0.15) is 24.0 Å². The second kappa shape index (κ2) is 9.76. The Balaban J connectivity index is 1.25. The van der Waals surface area contributed by atoms with E-state index in [0.29, 0.717) is 6.04 Å². The summed E-state index contributed by atoms with van der Waals surface area (Å²) in [7, 11) is 0. The Hall–Kier alpha value is -2.82. The molecule has 0 radical (unpaired) electrons. The normalized spacial score (nSPS) is 15.3. The number of hydrogen-bond acceptors (Lipinski definition) is 3. The molecular formula is C27H29ClN4. The van der Waals surface area contributed by atoms with Crippen LogP contribution < -0.4 is 5.32 Å². The number of hydrogen-bond donors (Lipinski definition) is 1. The summed E-state index contributed by atoms with van der Waals surface area (Å²) >= 11 is 6.08. The fourth-order valence-corrected chi connectivity index (χ4v) is 4.66. The smallest absolute Gasteiger partial charge is 0.204 e. The quantitative estimate of drug-likeness (QED) is 0.387. The Morgan fingerprint density at radius 1 is 0.844 bits per heavy atom. The minimum Gasteiger partial charge on any atom is -0.353 e. The lowest BCUT2D eigenvalue weighted by atomic mass is 10.0. The third kappa shape index (κ3) is 4.98. The molecular weight excluding hydrogens is 416 g/mol. The number of nitrogens with one attached hydrogen (secondary N) is 1. The molecule has 1 aromatic heterocycles. The van der Waals surface area contributed by atoms with Crippen molar-refractivity contribution in [1.29, 1.82) is 0 Å². The van der Waals surface area contributed by atoms with Gasteiger partial charge in [-0.3, -0.25) is 0 Å². The van der Waals surface area contributed by atoms with E-state index in [1.165, 1.54) is 11.1 Å². The summed E-state index contributed by atoms with van der Waals surface area (Å²) in [5, 5.41) is 4.53. The van der Waals surface area contributed by atoms with Gasteiger partial charge in [-0.1, -0.05) is 66.2 Å². The number of imidazole rings is 1. The average molecular weight is 445 g/mol. The van der Waals surface area contributed by atoms with Gasteiger partial charge >= 0.3 is 0 Å². The molecule has 0 atom stereocenters. The minimum absolute atomic E-state index is 0.448. The Morgan fingerprint density at radius 2 is 1.56 bits per heavy atom. The molecule has 5 heteroatoms. The van der Waals surface area contributed by atoms with Crippen molar-refractivity contribution < 1.29 is 0 Å². The molecule has 0 saturated carbocycles. The van der Waals surface area contributed by atoms with E-state index >= 15 is 0 Å². The van der Waals surface area contributed by atoms with Crippen molar-refractivity contribution in [2.24, 2.45) is 0 Å². The van der Waals surface area contributed by atoms with Crippen LogP contribution in [0.4, 0.5) is 5.95 Å². The molecule has 0 bridgehead atoms. The second-order valence-electron chi connectivity index (χ2n) is 8.63. The maximum atomic E-state index is 6.08. The van der Waals surface area contributed by atoms with E-state index in [4.69, 9.17) is 16.6 Å². The van der Waals surface area contributed by atoms with E-state index in [1.54, 1.807) is 0 Å². The number of benzene rings is 3. The van der Waals surface area contributed by atoms with Gasteiger partial charge < -0.3 is 14.8 Å². The maximum Gasteiger partial charge on any atom is 0.204 e. The van der Waals surface area contributed by atoms with Crippen LogP contribution in [0.5, 0.6) is 0 Å². The first-order chi connectivity index (χ1) is 15.7. The Morgan fingerprint density at radius 3 is 2.34 bits per heavy atom. The van der Waals surface area contributed by atoms with Crippen molar-refractivity contribution in [2.45, 2.75) is 31.8 Å². The highest BCUT2D eigenvalue weighted by Gasteiger charge is 2.21. The lowest BCUT2D eigenvalue weighted by Crippen LogP contribution is -2.40. The van der Waals surface area contributed by atoms with E-state index in [0.717, 1.165) is 67.4 Å². The molecule has 1 aliphatic rings. The van der Waals surface area contributed by atoms with Crippen molar-refractivity contribution >= 4 is 28.6 Å². The zero-order valence-corrected chi connectivity index (χ0v) is 19.0. The Bertz CT molecular complexity index is 1150. The van der Waals surface area contributed by atoms with E-state index in [1.807, 2.05) is 12.1 Å². The molecule has 0 spiro atoms. The number of rotatable bonds is 7. The minimum atomic E-state index is 0.448. The van der Waals surface area contributed by atoms with Gasteiger partial charge in [0.2, 0.25) is 5.95 Å². The Kier molecular flexibility index (Phi) is 6.42. The number of likely N-dealkylation sites (tertiary alicyclic amines) is 1.